The second-order valence-corrected chi connectivity index (χ2v) is 10.00. The van der Waals surface area contributed by atoms with E-state index in [9.17, 15) is 9.18 Å². The molecule has 162 valence electrons. The summed E-state index contributed by atoms with van der Waals surface area (Å²) in [4.78, 5) is 17.5. The molecular formula is C26H30FN3O. The van der Waals surface area contributed by atoms with Gasteiger partial charge in [-0.05, 0) is 74.3 Å². The van der Waals surface area contributed by atoms with Crippen LogP contribution in [-0.4, -0.2) is 15.5 Å². The molecule has 1 aromatic carbocycles. The number of aromatic nitrogens is 2. The number of allylic oxidation sites excluding steroid dienone is 1. The summed E-state index contributed by atoms with van der Waals surface area (Å²) in [6.45, 7) is 0.285. The Morgan fingerprint density at radius 1 is 1.03 bits per heavy atom. The largest absolute Gasteiger partial charge is 0.352 e. The van der Waals surface area contributed by atoms with Crippen LogP contribution in [0.15, 0.2) is 42.7 Å². The van der Waals surface area contributed by atoms with Crippen molar-refractivity contribution < 1.29 is 9.18 Å². The van der Waals surface area contributed by atoms with Gasteiger partial charge in [0.1, 0.15) is 11.6 Å². The van der Waals surface area contributed by atoms with E-state index >= 15 is 0 Å². The van der Waals surface area contributed by atoms with Crippen molar-refractivity contribution >= 4 is 12.0 Å². The quantitative estimate of drug-likeness (QED) is 0.762. The summed E-state index contributed by atoms with van der Waals surface area (Å²) < 4.78 is 16.3. The number of amides is 1. The molecule has 4 nitrogen and oxygen atoms in total. The summed E-state index contributed by atoms with van der Waals surface area (Å²) >= 11 is 0. The van der Waals surface area contributed by atoms with E-state index in [1.165, 1.54) is 31.7 Å². The zero-order valence-electron chi connectivity index (χ0n) is 17.8. The monoisotopic (exact) mass is 419 g/mol. The molecular weight excluding hydrogens is 389 g/mol. The van der Waals surface area contributed by atoms with Crippen LogP contribution in [0.3, 0.4) is 0 Å². The first-order valence-corrected chi connectivity index (χ1v) is 11.9. The van der Waals surface area contributed by atoms with Gasteiger partial charge in [-0.1, -0.05) is 24.3 Å². The highest BCUT2D eigenvalue weighted by Gasteiger charge is 2.52. The number of carbonyl (C=O) groups is 1. The maximum atomic E-state index is 13.9. The number of benzene rings is 1. The first-order chi connectivity index (χ1) is 15.2. The van der Waals surface area contributed by atoms with Gasteiger partial charge >= 0.3 is 0 Å². The summed E-state index contributed by atoms with van der Waals surface area (Å²) in [5.41, 5.74) is 0.565. The first-order valence-electron chi connectivity index (χ1n) is 11.9. The summed E-state index contributed by atoms with van der Waals surface area (Å²) in [5.74, 6) is 4.31. The summed E-state index contributed by atoms with van der Waals surface area (Å²) in [6, 6.07) is 7.27. The number of carbonyl (C=O) groups excluding carboxylic acids is 1. The predicted octanol–water partition coefficient (Wildman–Crippen LogP) is 4.99. The van der Waals surface area contributed by atoms with E-state index in [0.717, 1.165) is 30.5 Å². The molecule has 3 fully saturated rings. The molecule has 5 heteroatoms. The molecule has 2 heterocycles. The minimum atomic E-state index is -0.244. The fraction of sp³-hybridized carbons (Fsp3) is 0.538. The van der Waals surface area contributed by atoms with Crippen LogP contribution in [0.25, 0.3) is 6.08 Å². The molecule has 7 atom stereocenters. The number of fused-ring (bicyclic) bond motifs is 7. The molecule has 3 saturated carbocycles. The van der Waals surface area contributed by atoms with E-state index in [0.29, 0.717) is 29.4 Å². The van der Waals surface area contributed by atoms with Crippen molar-refractivity contribution in [3.63, 3.8) is 0 Å². The highest BCUT2D eigenvalue weighted by atomic mass is 19.1. The van der Waals surface area contributed by atoms with Crippen molar-refractivity contribution in [1.29, 1.82) is 0 Å². The van der Waals surface area contributed by atoms with Crippen LogP contribution in [0, 0.1) is 41.3 Å². The second-order valence-electron chi connectivity index (χ2n) is 10.00. The topological polar surface area (TPSA) is 46.9 Å². The van der Waals surface area contributed by atoms with Crippen LogP contribution in [0.2, 0.25) is 0 Å². The van der Waals surface area contributed by atoms with Crippen LogP contribution in [0.5, 0.6) is 0 Å². The normalized spacial score (nSPS) is 35.6. The van der Waals surface area contributed by atoms with Crippen molar-refractivity contribution in [2.45, 2.75) is 51.1 Å². The highest BCUT2D eigenvalue weighted by Crippen LogP contribution is 2.58. The molecule has 6 rings (SSSR count). The van der Waals surface area contributed by atoms with Gasteiger partial charge in [0.2, 0.25) is 5.91 Å². The van der Waals surface area contributed by atoms with Gasteiger partial charge in [0.15, 0.2) is 0 Å². The minimum absolute atomic E-state index is 0.0950. The molecule has 3 aliphatic carbocycles. The predicted molar refractivity (Wildman–Crippen MR) is 117 cm³/mol. The average Bonchev–Trinajstić information content (AvgIpc) is 3.45. The Labute approximate surface area is 182 Å². The Hall–Kier alpha value is -2.43. The molecule has 0 radical (unpaired) electrons. The molecule has 1 amide bonds. The summed E-state index contributed by atoms with van der Waals surface area (Å²) in [7, 11) is 0. The van der Waals surface area contributed by atoms with Crippen molar-refractivity contribution in [3.05, 3.63) is 59.9 Å². The molecule has 31 heavy (non-hydrogen) atoms. The lowest BCUT2D eigenvalue weighted by Crippen LogP contribution is -2.45. The van der Waals surface area contributed by atoms with Crippen LogP contribution in [-0.2, 0) is 11.3 Å². The van der Waals surface area contributed by atoms with Crippen molar-refractivity contribution in [2.24, 2.45) is 35.5 Å². The van der Waals surface area contributed by atoms with E-state index in [-0.39, 0.29) is 24.2 Å². The van der Waals surface area contributed by atoms with Gasteiger partial charge < -0.3 is 9.88 Å². The summed E-state index contributed by atoms with van der Waals surface area (Å²) in [6.07, 6.45) is 15.7. The Morgan fingerprint density at radius 3 is 2.71 bits per heavy atom. The fourth-order valence-electron chi connectivity index (χ4n) is 7.52. The van der Waals surface area contributed by atoms with Crippen LogP contribution >= 0.6 is 0 Å². The van der Waals surface area contributed by atoms with Gasteiger partial charge in [0.25, 0.3) is 0 Å². The first kappa shape index (κ1) is 19.3. The lowest BCUT2D eigenvalue weighted by Gasteiger charge is -2.51. The number of hydrogen-bond acceptors (Lipinski definition) is 2. The van der Waals surface area contributed by atoms with Crippen LogP contribution in [0.4, 0.5) is 4.39 Å². The van der Waals surface area contributed by atoms with Gasteiger partial charge in [0.05, 0.1) is 0 Å². The maximum Gasteiger partial charge on any atom is 0.223 e. The fourth-order valence-corrected chi connectivity index (χ4v) is 7.52. The number of imidazole rings is 1. The molecule has 1 unspecified atom stereocenters. The van der Waals surface area contributed by atoms with E-state index in [4.69, 9.17) is 0 Å². The molecule has 1 aliphatic heterocycles. The highest BCUT2D eigenvalue weighted by molar-refractivity contribution is 5.79. The average molecular weight is 420 g/mol. The van der Waals surface area contributed by atoms with Crippen LogP contribution < -0.4 is 5.32 Å². The van der Waals surface area contributed by atoms with Gasteiger partial charge in [-0.25, -0.2) is 9.37 Å². The van der Waals surface area contributed by atoms with Crippen LogP contribution in [0.1, 0.15) is 56.0 Å². The molecule has 1 N–H and O–H groups in total. The Bertz CT molecular complexity index is 1010. The number of hydrogen-bond donors (Lipinski definition) is 1. The van der Waals surface area contributed by atoms with Crippen molar-refractivity contribution in [2.75, 3.05) is 0 Å². The molecule has 0 bridgehead atoms. The Balaban J connectivity index is 1.14. The van der Waals surface area contributed by atoms with E-state index < -0.39 is 0 Å². The molecule has 0 spiro atoms. The SMILES string of the molecule is O=C(NCc1ccccc1F)[C@@H]1CC[C@H]2[C@@H]3CCC4[C@H](C=Cc5nccn54)[C@H]3CC[C@@H]21. The van der Waals surface area contributed by atoms with Gasteiger partial charge in [0, 0.05) is 42.4 Å². The van der Waals surface area contributed by atoms with Gasteiger partial charge in [-0.15, -0.1) is 0 Å². The van der Waals surface area contributed by atoms with E-state index in [1.54, 1.807) is 12.1 Å². The number of nitrogens with one attached hydrogen (secondary N) is 1. The summed E-state index contributed by atoms with van der Waals surface area (Å²) in [5, 5.41) is 3.04. The smallest absolute Gasteiger partial charge is 0.223 e. The Kier molecular flexibility index (Phi) is 4.73. The Morgan fingerprint density at radius 2 is 1.81 bits per heavy atom. The van der Waals surface area contributed by atoms with Crippen molar-refractivity contribution in [1.82, 2.24) is 14.9 Å². The molecule has 2 aromatic rings. The standard InChI is InChI=1S/C26H30FN3O/c27-23-4-2-1-3-16(23)15-29-26(31)22-8-7-17-18-9-11-24-21(19(18)5-6-20(17)22)10-12-25-28-13-14-30(24)25/h1-4,10,12-14,17-22,24H,5-9,11,15H2,(H,29,31)/t17-,18-,19-,20-,21+,22+,24?/m0/s1. The molecule has 1 aromatic heterocycles. The zero-order chi connectivity index (χ0) is 20.9. The minimum Gasteiger partial charge on any atom is -0.352 e. The lowest BCUT2D eigenvalue weighted by molar-refractivity contribution is -0.127. The number of rotatable bonds is 3. The number of nitrogens with zero attached hydrogens (tertiary/aromatic N) is 2. The molecule has 0 saturated heterocycles. The second kappa shape index (κ2) is 7.61. The third-order valence-corrected chi connectivity index (χ3v) is 8.82. The third-order valence-electron chi connectivity index (χ3n) is 8.82. The van der Waals surface area contributed by atoms with Gasteiger partial charge in [-0.2, -0.15) is 0 Å². The third kappa shape index (κ3) is 3.16. The van der Waals surface area contributed by atoms with E-state index in [1.807, 2.05) is 12.3 Å². The maximum absolute atomic E-state index is 13.9. The zero-order valence-corrected chi connectivity index (χ0v) is 17.8. The van der Waals surface area contributed by atoms with Crippen molar-refractivity contribution in [3.8, 4) is 0 Å². The number of halogens is 1. The van der Waals surface area contributed by atoms with E-state index in [2.05, 4.69) is 33.2 Å². The molecule has 4 aliphatic rings. The lowest BCUT2D eigenvalue weighted by atomic mass is 9.56. The van der Waals surface area contributed by atoms with Gasteiger partial charge in [-0.3, -0.25) is 4.79 Å².